The lowest BCUT2D eigenvalue weighted by Crippen LogP contribution is -2.14. The van der Waals surface area contributed by atoms with Crippen molar-refractivity contribution in [3.63, 3.8) is 0 Å². The summed E-state index contributed by atoms with van der Waals surface area (Å²) >= 11 is 0. The van der Waals surface area contributed by atoms with Crippen LogP contribution in [-0.2, 0) is 6.18 Å². The van der Waals surface area contributed by atoms with Crippen molar-refractivity contribution in [2.24, 2.45) is 0 Å². The molecule has 2 aromatic carbocycles. The van der Waals surface area contributed by atoms with Crippen LogP contribution in [0, 0.1) is 6.92 Å². The number of halogens is 3. The van der Waals surface area contributed by atoms with Gasteiger partial charge >= 0.3 is 6.18 Å². The first-order chi connectivity index (χ1) is 12.8. The second-order valence-corrected chi connectivity index (χ2v) is 5.96. The average molecular weight is 371 g/mol. The van der Waals surface area contributed by atoms with Gasteiger partial charge in [0.2, 0.25) is 0 Å². The lowest BCUT2D eigenvalue weighted by Gasteiger charge is -2.10. The third-order valence-corrected chi connectivity index (χ3v) is 3.78. The minimum Gasteiger partial charge on any atom is -0.354 e. The molecule has 0 aliphatic carbocycles. The van der Waals surface area contributed by atoms with Crippen molar-refractivity contribution in [1.82, 2.24) is 4.98 Å². The monoisotopic (exact) mass is 371 g/mol. The molecule has 0 fully saturated rings. The number of benzene rings is 2. The van der Waals surface area contributed by atoms with Gasteiger partial charge in [-0.2, -0.15) is 13.2 Å². The molecule has 0 atom stereocenters. The van der Waals surface area contributed by atoms with E-state index in [2.05, 4.69) is 15.6 Å². The molecule has 0 saturated heterocycles. The summed E-state index contributed by atoms with van der Waals surface area (Å²) in [6, 6.07) is 15.4. The van der Waals surface area contributed by atoms with Crippen LogP contribution >= 0.6 is 0 Å². The number of pyridine rings is 1. The second-order valence-electron chi connectivity index (χ2n) is 5.96. The Bertz CT molecular complexity index is 936. The number of carbonyl (C=O) groups is 1. The molecule has 0 radical (unpaired) electrons. The van der Waals surface area contributed by atoms with Crippen molar-refractivity contribution in [3.8, 4) is 0 Å². The summed E-state index contributed by atoms with van der Waals surface area (Å²) < 4.78 is 38.2. The van der Waals surface area contributed by atoms with Gasteiger partial charge in [-0.3, -0.25) is 4.79 Å². The minimum absolute atomic E-state index is 0.0541. The molecule has 27 heavy (non-hydrogen) atoms. The van der Waals surface area contributed by atoms with E-state index in [-0.39, 0.29) is 11.4 Å². The number of anilines is 3. The predicted octanol–water partition coefficient (Wildman–Crippen LogP) is 5.40. The third-order valence-electron chi connectivity index (χ3n) is 3.78. The Morgan fingerprint density at radius 2 is 1.63 bits per heavy atom. The summed E-state index contributed by atoms with van der Waals surface area (Å²) in [4.78, 5) is 16.3. The van der Waals surface area contributed by atoms with E-state index < -0.39 is 17.6 Å². The maximum absolute atomic E-state index is 12.7. The molecule has 1 aromatic heterocycles. The van der Waals surface area contributed by atoms with Gasteiger partial charge in [0.25, 0.3) is 5.91 Å². The zero-order chi connectivity index (χ0) is 19.4. The molecule has 0 aliphatic rings. The number of carbonyl (C=O) groups excluding carboxylic acids is 1. The maximum atomic E-state index is 12.7. The molecule has 4 nitrogen and oxygen atoms in total. The van der Waals surface area contributed by atoms with Crippen LogP contribution in [0.2, 0.25) is 0 Å². The fraction of sp³-hybridized carbons (Fsp3) is 0.100. The highest BCUT2D eigenvalue weighted by Crippen LogP contribution is 2.30. The molecule has 7 heteroatoms. The van der Waals surface area contributed by atoms with Crippen molar-refractivity contribution in [1.29, 1.82) is 0 Å². The Hall–Kier alpha value is -3.35. The Morgan fingerprint density at radius 3 is 2.26 bits per heavy atom. The maximum Gasteiger partial charge on any atom is 0.416 e. The van der Waals surface area contributed by atoms with Crippen LogP contribution in [0.1, 0.15) is 21.6 Å². The smallest absolute Gasteiger partial charge is 0.354 e. The van der Waals surface area contributed by atoms with Gasteiger partial charge < -0.3 is 10.6 Å². The molecule has 3 aromatic rings. The number of nitrogens with zero attached hydrogens (tertiary/aromatic N) is 1. The molecule has 1 amide bonds. The van der Waals surface area contributed by atoms with E-state index in [1.54, 1.807) is 6.07 Å². The van der Waals surface area contributed by atoms with Crippen LogP contribution < -0.4 is 10.6 Å². The quantitative estimate of drug-likeness (QED) is 0.645. The van der Waals surface area contributed by atoms with Crippen molar-refractivity contribution in [2.75, 3.05) is 10.6 Å². The SMILES string of the molecule is Cc1ccc(Nc2ccc(C(=O)Nc3cccc(C(F)(F)F)c3)nc2)cc1. The second kappa shape index (κ2) is 7.49. The fourth-order valence-electron chi connectivity index (χ4n) is 2.37. The lowest BCUT2D eigenvalue weighted by atomic mass is 10.2. The Labute approximate surface area is 154 Å². The standard InChI is InChI=1S/C20H16F3N3O/c1-13-5-7-15(8-6-13)25-17-9-10-18(24-12-17)19(27)26-16-4-2-3-14(11-16)20(21,22)23/h2-12,25H,1H3,(H,26,27). The molecule has 0 unspecified atom stereocenters. The number of aryl methyl sites for hydroxylation is 1. The summed E-state index contributed by atoms with van der Waals surface area (Å²) in [5.41, 5.74) is 2.03. The molecular weight excluding hydrogens is 355 g/mol. The molecule has 1 heterocycles. The van der Waals surface area contributed by atoms with E-state index in [9.17, 15) is 18.0 Å². The van der Waals surface area contributed by atoms with Gasteiger partial charge in [0.15, 0.2) is 0 Å². The van der Waals surface area contributed by atoms with E-state index >= 15 is 0 Å². The van der Waals surface area contributed by atoms with E-state index in [0.717, 1.165) is 23.4 Å². The number of hydrogen-bond donors (Lipinski definition) is 2. The molecule has 0 aliphatic heterocycles. The molecule has 3 rings (SSSR count). The number of rotatable bonds is 4. The van der Waals surface area contributed by atoms with Gasteiger partial charge in [-0.1, -0.05) is 23.8 Å². The van der Waals surface area contributed by atoms with Crippen molar-refractivity contribution in [3.05, 3.63) is 83.7 Å². The first-order valence-corrected chi connectivity index (χ1v) is 8.09. The normalized spacial score (nSPS) is 11.1. The van der Waals surface area contributed by atoms with E-state index in [0.29, 0.717) is 5.69 Å². The average Bonchev–Trinajstić information content (AvgIpc) is 2.64. The number of hydrogen-bond acceptors (Lipinski definition) is 3. The predicted molar refractivity (Wildman–Crippen MR) is 98.1 cm³/mol. The van der Waals surface area contributed by atoms with Gasteiger partial charge in [0.1, 0.15) is 5.69 Å². The van der Waals surface area contributed by atoms with Crippen molar-refractivity contribution >= 4 is 23.0 Å². The number of alkyl halides is 3. The van der Waals surface area contributed by atoms with Crippen LogP contribution in [0.5, 0.6) is 0 Å². The number of amides is 1. The van der Waals surface area contributed by atoms with E-state index in [1.807, 2.05) is 31.2 Å². The van der Waals surface area contributed by atoms with Gasteiger partial charge in [-0.15, -0.1) is 0 Å². The van der Waals surface area contributed by atoms with Crippen LogP contribution in [-0.4, -0.2) is 10.9 Å². The Balaban J connectivity index is 1.68. The number of aromatic nitrogens is 1. The first-order valence-electron chi connectivity index (χ1n) is 8.09. The molecular formula is C20H16F3N3O. The summed E-state index contributed by atoms with van der Waals surface area (Å²) in [5.74, 6) is -0.587. The summed E-state index contributed by atoms with van der Waals surface area (Å²) in [6.07, 6.45) is -2.98. The highest BCUT2D eigenvalue weighted by Gasteiger charge is 2.30. The summed E-state index contributed by atoms with van der Waals surface area (Å²) in [7, 11) is 0. The largest absolute Gasteiger partial charge is 0.416 e. The van der Waals surface area contributed by atoms with Crippen LogP contribution in [0.25, 0.3) is 0 Å². The summed E-state index contributed by atoms with van der Waals surface area (Å²) in [5, 5.41) is 5.58. The van der Waals surface area contributed by atoms with Crippen LogP contribution in [0.4, 0.5) is 30.2 Å². The van der Waals surface area contributed by atoms with E-state index in [4.69, 9.17) is 0 Å². The highest BCUT2D eigenvalue weighted by atomic mass is 19.4. The topological polar surface area (TPSA) is 54.0 Å². The molecule has 2 N–H and O–H groups in total. The van der Waals surface area contributed by atoms with Crippen LogP contribution in [0.15, 0.2) is 66.9 Å². The van der Waals surface area contributed by atoms with Gasteiger partial charge in [-0.05, 0) is 49.4 Å². The fourth-order valence-corrected chi connectivity index (χ4v) is 2.37. The molecule has 0 spiro atoms. The molecule has 0 bridgehead atoms. The zero-order valence-electron chi connectivity index (χ0n) is 14.3. The van der Waals surface area contributed by atoms with Gasteiger partial charge in [-0.25, -0.2) is 4.98 Å². The van der Waals surface area contributed by atoms with E-state index in [1.165, 1.54) is 24.4 Å². The van der Waals surface area contributed by atoms with Gasteiger partial charge in [0, 0.05) is 11.4 Å². The minimum atomic E-state index is -4.47. The zero-order valence-corrected chi connectivity index (χ0v) is 14.3. The molecule has 0 saturated carbocycles. The Kier molecular flexibility index (Phi) is 5.12. The lowest BCUT2D eigenvalue weighted by molar-refractivity contribution is -0.137. The Morgan fingerprint density at radius 1 is 0.926 bits per heavy atom. The first kappa shape index (κ1) is 18.4. The molecule has 138 valence electrons. The number of nitrogens with one attached hydrogen (secondary N) is 2. The van der Waals surface area contributed by atoms with Crippen LogP contribution in [0.3, 0.4) is 0 Å². The van der Waals surface area contributed by atoms with Gasteiger partial charge in [0.05, 0.1) is 17.4 Å². The highest BCUT2D eigenvalue weighted by molar-refractivity contribution is 6.03. The summed E-state index contributed by atoms with van der Waals surface area (Å²) in [6.45, 7) is 1.99. The van der Waals surface area contributed by atoms with Crippen molar-refractivity contribution in [2.45, 2.75) is 13.1 Å². The van der Waals surface area contributed by atoms with Crippen molar-refractivity contribution < 1.29 is 18.0 Å². The third kappa shape index (κ3) is 4.84.